The third-order valence-electron chi connectivity index (χ3n) is 5.70. The fraction of sp³-hybridized carbons (Fsp3) is 0.259. The van der Waals surface area contributed by atoms with Crippen molar-refractivity contribution in [2.45, 2.75) is 33.2 Å². The predicted octanol–water partition coefficient (Wildman–Crippen LogP) is 5.98. The van der Waals surface area contributed by atoms with Gasteiger partial charge in [-0.1, -0.05) is 72.1 Å². The molecular formula is C27H25NO5S3. The van der Waals surface area contributed by atoms with Gasteiger partial charge in [-0.15, -0.1) is 0 Å². The summed E-state index contributed by atoms with van der Waals surface area (Å²) in [6, 6.07) is 16.6. The summed E-state index contributed by atoms with van der Waals surface area (Å²) in [5, 5.41) is 0. The summed E-state index contributed by atoms with van der Waals surface area (Å²) in [7, 11) is 0. The van der Waals surface area contributed by atoms with Crippen LogP contribution in [0.1, 0.15) is 43.6 Å². The molecule has 2 aromatic carbocycles. The molecule has 9 heteroatoms. The van der Waals surface area contributed by atoms with Crippen molar-refractivity contribution >= 4 is 69.7 Å². The van der Waals surface area contributed by atoms with Gasteiger partial charge >= 0.3 is 11.9 Å². The van der Waals surface area contributed by atoms with Crippen LogP contribution >= 0.6 is 35.7 Å². The lowest BCUT2D eigenvalue weighted by atomic mass is 9.83. The summed E-state index contributed by atoms with van der Waals surface area (Å²) in [6.45, 7) is 7.59. The SMILES string of the molecule is CCOC(=O)C1=C(C(=O)OCC)SC(=C2C(=S)C(C)(C)N(C(=O)c3ccccc3)c3ccccc32)S1. The Bertz CT molecular complexity index is 1280. The third-order valence-corrected chi connectivity index (χ3v) is 8.96. The van der Waals surface area contributed by atoms with Crippen LogP contribution in [0.5, 0.6) is 0 Å². The molecule has 4 rings (SSSR count). The Morgan fingerprint density at radius 3 is 1.94 bits per heavy atom. The molecule has 1 amide bonds. The van der Waals surface area contributed by atoms with E-state index >= 15 is 0 Å². The molecule has 0 unspecified atom stereocenters. The number of anilines is 1. The number of esters is 2. The predicted molar refractivity (Wildman–Crippen MR) is 149 cm³/mol. The molecule has 0 spiro atoms. The molecule has 186 valence electrons. The zero-order chi connectivity index (χ0) is 26.0. The maximum absolute atomic E-state index is 13.7. The highest BCUT2D eigenvalue weighted by Gasteiger charge is 2.46. The van der Waals surface area contributed by atoms with Gasteiger partial charge in [-0.2, -0.15) is 0 Å². The highest BCUT2D eigenvalue weighted by molar-refractivity contribution is 8.29. The fourth-order valence-corrected chi connectivity index (χ4v) is 7.03. The van der Waals surface area contributed by atoms with Crippen LogP contribution in [0, 0.1) is 0 Å². The highest BCUT2D eigenvalue weighted by atomic mass is 32.2. The smallest absolute Gasteiger partial charge is 0.346 e. The average molecular weight is 540 g/mol. The summed E-state index contributed by atoms with van der Waals surface area (Å²) in [5.74, 6) is -1.32. The second-order valence-electron chi connectivity index (χ2n) is 8.38. The molecule has 0 aliphatic carbocycles. The molecule has 0 bridgehead atoms. The molecule has 2 heterocycles. The average Bonchev–Trinajstić information content (AvgIpc) is 3.31. The summed E-state index contributed by atoms with van der Waals surface area (Å²) in [5.41, 5.74) is 1.88. The molecule has 0 radical (unpaired) electrons. The molecule has 6 nitrogen and oxygen atoms in total. The first-order chi connectivity index (χ1) is 17.2. The second kappa shape index (κ2) is 10.6. The minimum absolute atomic E-state index is 0.163. The highest BCUT2D eigenvalue weighted by Crippen LogP contribution is 2.56. The third kappa shape index (κ3) is 4.63. The molecular weight excluding hydrogens is 515 g/mol. The Kier molecular flexibility index (Phi) is 7.73. The zero-order valence-electron chi connectivity index (χ0n) is 20.3. The quantitative estimate of drug-likeness (QED) is 0.261. The molecule has 2 aromatic rings. The van der Waals surface area contributed by atoms with Crippen LogP contribution in [-0.4, -0.2) is 41.5 Å². The molecule has 0 aromatic heterocycles. The van der Waals surface area contributed by atoms with Gasteiger partial charge in [0.1, 0.15) is 9.81 Å². The first kappa shape index (κ1) is 26.2. The minimum atomic E-state index is -0.864. The number of amides is 1. The van der Waals surface area contributed by atoms with E-state index in [9.17, 15) is 14.4 Å². The van der Waals surface area contributed by atoms with Crippen molar-refractivity contribution in [3.8, 4) is 0 Å². The van der Waals surface area contributed by atoms with Crippen molar-refractivity contribution in [1.29, 1.82) is 0 Å². The molecule has 0 atom stereocenters. The molecule has 2 aliphatic rings. The van der Waals surface area contributed by atoms with Gasteiger partial charge in [-0.25, -0.2) is 9.59 Å². The van der Waals surface area contributed by atoms with Crippen LogP contribution in [0.3, 0.4) is 0 Å². The van der Waals surface area contributed by atoms with E-state index in [1.54, 1.807) is 30.9 Å². The Hall–Kier alpha value is -2.88. The monoisotopic (exact) mass is 539 g/mol. The van der Waals surface area contributed by atoms with Crippen LogP contribution < -0.4 is 4.90 Å². The molecule has 36 heavy (non-hydrogen) atoms. The first-order valence-corrected chi connectivity index (χ1v) is 13.5. The number of thiocarbonyl (C=S) groups is 1. The lowest BCUT2D eigenvalue weighted by Gasteiger charge is -2.45. The molecule has 0 saturated carbocycles. The molecule has 0 N–H and O–H groups in total. The van der Waals surface area contributed by atoms with Crippen LogP contribution in [0.2, 0.25) is 0 Å². The second-order valence-corrected chi connectivity index (χ2v) is 11.1. The Balaban J connectivity index is 1.86. The standard InChI is InChI=1S/C27H25NO5S3/c1-5-32-24(30)20-21(25(31)33-6-2)36-26(35-20)19-17-14-10-11-15-18(17)28(27(3,4)22(19)34)23(29)16-12-8-7-9-13-16/h7-15H,5-6H2,1-4H3. The maximum atomic E-state index is 13.7. The van der Waals surface area contributed by atoms with E-state index in [-0.39, 0.29) is 28.9 Å². The summed E-state index contributed by atoms with van der Waals surface area (Å²) in [4.78, 5) is 41.7. The molecule has 2 aliphatic heterocycles. The van der Waals surface area contributed by atoms with Gasteiger partial charge in [-0.3, -0.25) is 9.69 Å². The van der Waals surface area contributed by atoms with E-state index in [2.05, 4.69) is 0 Å². The van der Waals surface area contributed by atoms with Crippen molar-refractivity contribution in [2.75, 3.05) is 18.1 Å². The van der Waals surface area contributed by atoms with E-state index in [1.807, 2.05) is 56.3 Å². The van der Waals surface area contributed by atoms with Crippen molar-refractivity contribution in [3.05, 3.63) is 79.8 Å². The van der Waals surface area contributed by atoms with Gasteiger partial charge in [0.15, 0.2) is 0 Å². The molecule has 0 saturated heterocycles. The minimum Gasteiger partial charge on any atom is -0.462 e. The number of ether oxygens (including phenoxy) is 2. The topological polar surface area (TPSA) is 72.9 Å². The fourth-order valence-electron chi connectivity index (χ4n) is 4.05. The Morgan fingerprint density at radius 2 is 1.39 bits per heavy atom. The number of carbonyl (C=O) groups is 3. The number of carbonyl (C=O) groups excluding carboxylic acids is 3. The number of nitrogens with zero attached hydrogens (tertiary/aromatic N) is 1. The summed E-state index contributed by atoms with van der Waals surface area (Å²) >= 11 is 8.32. The zero-order valence-corrected chi connectivity index (χ0v) is 22.8. The van der Waals surface area contributed by atoms with Gasteiger partial charge in [0.25, 0.3) is 5.91 Å². The maximum Gasteiger partial charge on any atom is 0.346 e. The summed E-state index contributed by atoms with van der Waals surface area (Å²) < 4.78 is 11.1. The van der Waals surface area contributed by atoms with Crippen molar-refractivity contribution < 1.29 is 23.9 Å². The number of fused-ring (bicyclic) bond motifs is 1. The Morgan fingerprint density at radius 1 is 0.861 bits per heavy atom. The number of benzene rings is 2. The van der Waals surface area contributed by atoms with Crippen LogP contribution in [-0.2, 0) is 19.1 Å². The molecule has 0 fully saturated rings. The number of rotatable bonds is 5. The van der Waals surface area contributed by atoms with Gasteiger partial charge in [0.2, 0.25) is 0 Å². The van der Waals surface area contributed by atoms with E-state index in [0.717, 1.165) is 34.7 Å². The summed E-state index contributed by atoms with van der Waals surface area (Å²) in [6.07, 6.45) is 0. The van der Waals surface area contributed by atoms with Gasteiger partial charge in [0, 0.05) is 16.7 Å². The van der Waals surface area contributed by atoms with Crippen molar-refractivity contribution in [1.82, 2.24) is 0 Å². The van der Waals surface area contributed by atoms with Crippen LogP contribution in [0.15, 0.2) is 68.6 Å². The normalized spacial score (nSPS) is 16.7. The lowest BCUT2D eigenvalue weighted by molar-refractivity contribution is -0.140. The lowest BCUT2D eigenvalue weighted by Crippen LogP contribution is -2.55. The van der Waals surface area contributed by atoms with Crippen LogP contribution in [0.4, 0.5) is 5.69 Å². The Labute approximate surface area is 224 Å². The van der Waals surface area contributed by atoms with Gasteiger partial charge in [-0.05, 0) is 45.9 Å². The van der Waals surface area contributed by atoms with Gasteiger partial charge in [0.05, 0.1) is 33.5 Å². The number of hydrogen-bond donors (Lipinski definition) is 0. The van der Waals surface area contributed by atoms with E-state index < -0.39 is 17.5 Å². The van der Waals surface area contributed by atoms with Gasteiger partial charge < -0.3 is 9.47 Å². The number of para-hydroxylation sites is 1. The van der Waals surface area contributed by atoms with Crippen molar-refractivity contribution in [3.63, 3.8) is 0 Å². The largest absolute Gasteiger partial charge is 0.462 e. The van der Waals surface area contributed by atoms with Crippen molar-refractivity contribution in [2.24, 2.45) is 0 Å². The number of hydrogen-bond acceptors (Lipinski definition) is 8. The van der Waals surface area contributed by atoms with E-state index in [4.69, 9.17) is 21.7 Å². The number of thioether (sulfide) groups is 2. The van der Waals surface area contributed by atoms with E-state index in [0.29, 0.717) is 20.4 Å². The van der Waals surface area contributed by atoms with Crippen LogP contribution in [0.25, 0.3) is 5.57 Å². The van der Waals surface area contributed by atoms with E-state index in [1.165, 1.54) is 0 Å². The first-order valence-electron chi connectivity index (χ1n) is 11.4.